The first-order valence-corrected chi connectivity index (χ1v) is 7.36. The Kier molecular flexibility index (Phi) is 3.98. The van der Waals surface area contributed by atoms with Crippen molar-refractivity contribution in [1.29, 1.82) is 0 Å². The minimum atomic E-state index is -1.36. The number of carboxylic acids is 1. The van der Waals surface area contributed by atoms with Crippen LogP contribution < -0.4 is 0 Å². The summed E-state index contributed by atoms with van der Waals surface area (Å²) in [5, 5.41) is 8.87. The van der Waals surface area contributed by atoms with E-state index in [1.165, 1.54) is 6.07 Å². The van der Waals surface area contributed by atoms with Gasteiger partial charge in [-0.2, -0.15) is 0 Å². The zero-order valence-electron chi connectivity index (χ0n) is 12.2. The topological polar surface area (TPSA) is 53.7 Å². The molecule has 22 heavy (non-hydrogen) atoms. The molecule has 1 unspecified atom stereocenters. The lowest BCUT2D eigenvalue weighted by Gasteiger charge is -2.37. The molecule has 1 N–H and O–H groups in total. The molecule has 1 aromatic heterocycles. The first kappa shape index (κ1) is 14.8. The van der Waals surface area contributed by atoms with Crippen molar-refractivity contribution < 1.29 is 18.7 Å². The molecule has 1 aromatic carbocycles. The number of carboxylic acid groups (broad SMARTS) is 1. The first-order chi connectivity index (χ1) is 10.6. The van der Waals surface area contributed by atoms with Crippen LogP contribution in [0.5, 0.6) is 0 Å². The zero-order chi connectivity index (χ0) is 15.6. The van der Waals surface area contributed by atoms with Gasteiger partial charge in [-0.05, 0) is 37.1 Å². The summed E-state index contributed by atoms with van der Waals surface area (Å²) in [6.45, 7) is 1.49. The minimum Gasteiger partial charge on any atom is -0.475 e. The van der Waals surface area contributed by atoms with Gasteiger partial charge < -0.3 is 9.52 Å². The van der Waals surface area contributed by atoms with Gasteiger partial charge >= 0.3 is 5.97 Å². The number of aromatic carboxylic acids is 1. The van der Waals surface area contributed by atoms with E-state index in [1.54, 1.807) is 6.07 Å². The van der Waals surface area contributed by atoms with Gasteiger partial charge in [-0.1, -0.05) is 30.3 Å². The largest absolute Gasteiger partial charge is 0.475 e. The van der Waals surface area contributed by atoms with E-state index in [-0.39, 0.29) is 5.76 Å². The lowest BCUT2D eigenvalue weighted by Crippen LogP contribution is -2.42. The van der Waals surface area contributed by atoms with Crippen LogP contribution in [-0.2, 0) is 12.2 Å². The average Bonchev–Trinajstić information content (AvgIpc) is 2.97. The Labute approximate surface area is 128 Å². The molecule has 0 radical (unpaired) electrons. The van der Waals surface area contributed by atoms with E-state index in [4.69, 9.17) is 9.52 Å². The summed E-state index contributed by atoms with van der Waals surface area (Å²) < 4.78 is 20.5. The van der Waals surface area contributed by atoms with Crippen LogP contribution in [0.1, 0.15) is 34.7 Å². The predicted molar refractivity (Wildman–Crippen MR) is 79.4 cm³/mol. The highest BCUT2D eigenvalue weighted by atomic mass is 19.1. The van der Waals surface area contributed by atoms with E-state index in [0.717, 1.165) is 13.0 Å². The molecular weight excluding hydrogens is 285 g/mol. The Hall–Kier alpha value is -2.14. The highest BCUT2D eigenvalue weighted by Gasteiger charge is 2.37. The second-order valence-electron chi connectivity index (χ2n) is 5.72. The molecule has 0 bridgehead atoms. The average molecular weight is 303 g/mol. The lowest BCUT2D eigenvalue weighted by molar-refractivity contribution is 0.0346. The van der Waals surface area contributed by atoms with Gasteiger partial charge in [0.2, 0.25) is 5.76 Å². The standard InChI is InChI=1S/C17H18FNO3/c18-17(13-5-2-1-3-6-13)9-4-10-19(12-17)11-14-7-8-15(22-14)16(20)21/h1-3,5-8H,4,9-12H2,(H,20,21). The Morgan fingerprint density at radius 3 is 2.73 bits per heavy atom. The third kappa shape index (κ3) is 3.04. The predicted octanol–water partition coefficient (Wildman–Crippen LogP) is 3.44. The maximum atomic E-state index is 15.2. The van der Waals surface area contributed by atoms with Crippen molar-refractivity contribution in [1.82, 2.24) is 4.90 Å². The fourth-order valence-corrected chi connectivity index (χ4v) is 3.00. The van der Waals surface area contributed by atoms with E-state index in [9.17, 15) is 4.79 Å². The Balaban J connectivity index is 1.71. The number of hydrogen-bond acceptors (Lipinski definition) is 3. The minimum absolute atomic E-state index is 0.0819. The summed E-state index contributed by atoms with van der Waals surface area (Å²) in [6.07, 6.45) is 1.27. The van der Waals surface area contributed by atoms with E-state index in [0.29, 0.717) is 30.8 Å². The van der Waals surface area contributed by atoms with Gasteiger partial charge in [0, 0.05) is 6.54 Å². The van der Waals surface area contributed by atoms with Gasteiger partial charge in [-0.3, -0.25) is 4.90 Å². The second-order valence-corrected chi connectivity index (χ2v) is 5.72. The summed E-state index contributed by atoms with van der Waals surface area (Å²) >= 11 is 0. The van der Waals surface area contributed by atoms with Gasteiger partial charge in [0.1, 0.15) is 11.4 Å². The molecule has 116 valence electrons. The Morgan fingerprint density at radius 1 is 1.27 bits per heavy atom. The van der Waals surface area contributed by atoms with Gasteiger partial charge in [0.15, 0.2) is 0 Å². The van der Waals surface area contributed by atoms with Crippen molar-refractivity contribution in [2.24, 2.45) is 0 Å². The van der Waals surface area contributed by atoms with Crippen LogP contribution in [0, 0.1) is 0 Å². The smallest absolute Gasteiger partial charge is 0.371 e. The van der Waals surface area contributed by atoms with E-state index in [2.05, 4.69) is 0 Å². The van der Waals surface area contributed by atoms with E-state index in [1.807, 2.05) is 35.2 Å². The zero-order valence-corrected chi connectivity index (χ0v) is 12.2. The third-order valence-corrected chi connectivity index (χ3v) is 4.06. The molecular formula is C17H18FNO3. The molecule has 2 aromatic rings. The van der Waals surface area contributed by atoms with Crippen LogP contribution in [0.15, 0.2) is 46.9 Å². The van der Waals surface area contributed by atoms with Gasteiger partial charge in [-0.25, -0.2) is 9.18 Å². The summed E-state index contributed by atoms with van der Waals surface area (Å²) in [7, 11) is 0. The maximum Gasteiger partial charge on any atom is 0.371 e. The van der Waals surface area contributed by atoms with Crippen molar-refractivity contribution in [3.63, 3.8) is 0 Å². The number of likely N-dealkylation sites (tertiary alicyclic amines) is 1. The van der Waals surface area contributed by atoms with Crippen LogP contribution in [0.25, 0.3) is 0 Å². The molecule has 0 spiro atoms. The van der Waals surface area contributed by atoms with Gasteiger partial charge in [-0.15, -0.1) is 0 Å². The Morgan fingerprint density at radius 2 is 2.05 bits per heavy atom. The quantitative estimate of drug-likeness (QED) is 0.940. The summed E-state index contributed by atoms with van der Waals surface area (Å²) in [5.41, 5.74) is -0.660. The van der Waals surface area contributed by atoms with Gasteiger partial charge in [0.05, 0.1) is 6.54 Å². The highest BCUT2D eigenvalue weighted by molar-refractivity contribution is 5.84. The number of piperidine rings is 1. The van der Waals surface area contributed by atoms with Crippen molar-refractivity contribution in [3.05, 3.63) is 59.5 Å². The molecule has 1 aliphatic rings. The molecule has 0 aliphatic carbocycles. The lowest BCUT2D eigenvalue weighted by atomic mass is 9.87. The molecule has 0 amide bonds. The third-order valence-electron chi connectivity index (χ3n) is 4.06. The molecule has 4 nitrogen and oxygen atoms in total. The van der Waals surface area contributed by atoms with Crippen molar-refractivity contribution in [2.75, 3.05) is 13.1 Å². The first-order valence-electron chi connectivity index (χ1n) is 7.36. The molecule has 2 heterocycles. The monoisotopic (exact) mass is 303 g/mol. The van der Waals surface area contributed by atoms with Crippen LogP contribution in [-0.4, -0.2) is 29.1 Å². The van der Waals surface area contributed by atoms with E-state index < -0.39 is 11.6 Å². The maximum absolute atomic E-state index is 15.2. The molecule has 1 fully saturated rings. The van der Waals surface area contributed by atoms with Crippen LogP contribution in [0.2, 0.25) is 0 Å². The number of alkyl halides is 1. The summed E-state index contributed by atoms with van der Waals surface area (Å²) in [6, 6.07) is 12.3. The highest BCUT2D eigenvalue weighted by Crippen LogP contribution is 2.35. The number of carbonyl (C=O) groups is 1. The molecule has 0 saturated carbocycles. The number of halogens is 1. The molecule has 1 atom stereocenters. The summed E-state index contributed by atoms with van der Waals surface area (Å²) in [5.74, 6) is -0.620. The van der Waals surface area contributed by atoms with Crippen LogP contribution in [0.3, 0.4) is 0 Å². The number of nitrogens with zero attached hydrogens (tertiary/aromatic N) is 1. The van der Waals surface area contributed by atoms with Crippen molar-refractivity contribution in [2.45, 2.75) is 25.1 Å². The SMILES string of the molecule is O=C(O)c1ccc(CN2CCCC(F)(c3ccccc3)C2)o1. The molecule has 1 saturated heterocycles. The molecule has 5 heteroatoms. The number of rotatable bonds is 4. The Bertz CT molecular complexity index is 655. The van der Waals surface area contributed by atoms with Crippen LogP contribution >= 0.6 is 0 Å². The second kappa shape index (κ2) is 5.93. The van der Waals surface area contributed by atoms with Crippen molar-refractivity contribution >= 4 is 5.97 Å². The normalized spacial score (nSPS) is 22.6. The summed E-state index contributed by atoms with van der Waals surface area (Å²) in [4.78, 5) is 12.8. The number of furan rings is 1. The molecule has 3 rings (SSSR count). The van der Waals surface area contributed by atoms with Gasteiger partial charge in [0.25, 0.3) is 0 Å². The fraction of sp³-hybridized carbons (Fsp3) is 0.353. The van der Waals surface area contributed by atoms with Crippen molar-refractivity contribution in [3.8, 4) is 0 Å². The number of hydrogen-bond donors (Lipinski definition) is 1. The fourth-order valence-electron chi connectivity index (χ4n) is 3.00. The van der Waals surface area contributed by atoms with E-state index >= 15 is 4.39 Å². The number of benzene rings is 1. The molecule has 1 aliphatic heterocycles. The van der Waals surface area contributed by atoms with Crippen LogP contribution in [0.4, 0.5) is 4.39 Å².